The van der Waals surface area contributed by atoms with Crippen LogP contribution in [0.15, 0.2) is 22.7 Å². The molecule has 0 saturated carbocycles. The number of aromatic carboxylic acids is 1. The fourth-order valence-corrected chi connectivity index (χ4v) is 2.79. The van der Waals surface area contributed by atoms with Gasteiger partial charge in [-0.25, -0.2) is 4.79 Å². The number of rotatable bonds is 4. The summed E-state index contributed by atoms with van der Waals surface area (Å²) in [6.07, 6.45) is 0. The van der Waals surface area contributed by atoms with Gasteiger partial charge in [-0.2, -0.15) is 0 Å². The predicted octanol–water partition coefficient (Wildman–Crippen LogP) is 3.37. The predicted molar refractivity (Wildman–Crippen MR) is 83.1 cm³/mol. The van der Waals surface area contributed by atoms with E-state index in [-0.39, 0.29) is 17.2 Å². The van der Waals surface area contributed by atoms with E-state index in [0.717, 1.165) is 11.5 Å². The molecule has 0 fully saturated rings. The molecule has 6 nitrogen and oxygen atoms in total. The molecule has 0 aliphatic heterocycles. The van der Waals surface area contributed by atoms with Crippen molar-refractivity contribution in [1.29, 1.82) is 0 Å². The van der Waals surface area contributed by atoms with Crippen molar-refractivity contribution < 1.29 is 14.7 Å². The molecule has 0 spiro atoms. The molecule has 1 amide bonds. The number of carbonyl (C=O) groups is 2. The standard InChI is InChI=1S/C13H12BrN3O3S/c1-6(2)10-11(21-17-16-10)12(18)15-9-4-3-7(14)5-8(9)13(19)20/h3-6H,1-2H3,(H,15,18)(H,19,20). The Labute approximate surface area is 133 Å². The highest BCUT2D eigenvalue weighted by Gasteiger charge is 2.20. The van der Waals surface area contributed by atoms with E-state index >= 15 is 0 Å². The molecule has 0 atom stereocenters. The number of nitrogens with zero attached hydrogens (tertiary/aromatic N) is 2. The molecule has 0 aliphatic carbocycles. The lowest BCUT2D eigenvalue weighted by atomic mass is 10.1. The highest BCUT2D eigenvalue weighted by molar-refractivity contribution is 9.10. The van der Waals surface area contributed by atoms with Crippen molar-refractivity contribution in [3.63, 3.8) is 0 Å². The van der Waals surface area contributed by atoms with Gasteiger partial charge in [0, 0.05) is 4.47 Å². The Bertz CT molecular complexity index is 700. The van der Waals surface area contributed by atoms with Crippen molar-refractivity contribution in [3.8, 4) is 0 Å². The number of carbonyl (C=O) groups excluding carboxylic acids is 1. The first-order valence-electron chi connectivity index (χ1n) is 6.06. The summed E-state index contributed by atoms with van der Waals surface area (Å²) in [5.74, 6) is -1.45. The van der Waals surface area contributed by atoms with Gasteiger partial charge in [-0.1, -0.05) is 34.3 Å². The summed E-state index contributed by atoms with van der Waals surface area (Å²) < 4.78 is 4.41. The van der Waals surface area contributed by atoms with Crippen LogP contribution < -0.4 is 5.32 Å². The minimum absolute atomic E-state index is 0.0151. The summed E-state index contributed by atoms with van der Waals surface area (Å²) in [5, 5.41) is 15.7. The van der Waals surface area contributed by atoms with Crippen molar-refractivity contribution in [3.05, 3.63) is 38.8 Å². The largest absolute Gasteiger partial charge is 0.478 e. The van der Waals surface area contributed by atoms with E-state index in [2.05, 4.69) is 30.8 Å². The molecule has 1 heterocycles. The summed E-state index contributed by atoms with van der Waals surface area (Å²) >= 11 is 4.20. The zero-order valence-electron chi connectivity index (χ0n) is 11.3. The molecule has 8 heteroatoms. The zero-order chi connectivity index (χ0) is 15.6. The third-order valence-corrected chi connectivity index (χ3v) is 3.96. The van der Waals surface area contributed by atoms with Crippen molar-refractivity contribution >= 4 is 45.0 Å². The molecule has 2 rings (SSSR count). The maximum atomic E-state index is 12.3. The molecule has 2 aromatic rings. The van der Waals surface area contributed by atoms with Crippen LogP contribution in [0.25, 0.3) is 0 Å². The maximum Gasteiger partial charge on any atom is 0.337 e. The minimum atomic E-state index is -1.11. The highest BCUT2D eigenvalue weighted by Crippen LogP contribution is 2.24. The van der Waals surface area contributed by atoms with Crippen LogP contribution >= 0.6 is 27.5 Å². The van der Waals surface area contributed by atoms with Gasteiger partial charge in [0.2, 0.25) is 0 Å². The average Bonchev–Trinajstić information content (AvgIpc) is 2.90. The van der Waals surface area contributed by atoms with E-state index < -0.39 is 11.9 Å². The molecule has 110 valence electrons. The second-order valence-electron chi connectivity index (χ2n) is 4.59. The Balaban J connectivity index is 2.32. The van der Waals surface area contributed by atoms with Gasteiger partial charge >= 0.3 is 5.97 Å². The maximum absolute atomic E-state index is 12.3. The lowest BCUT2D eigenvalue weighted by Gasteiger charge is -2.09. The fraction of sp³-hybridized carbons (Fsp3) is 0.231. The third-order valence-electron chi connectivity index (χ3n) is 2.73. The molecule has 21 heavy (non-hydrogen) atoms. The minimum Gasteiger partial charge on any atom is -0.478 e. The quantitative estimate of drug-likeness (QED) is 0.861. The second kappa shape index (κ2) is 6.31. The zero-order valence-corrected chi connectivity index (χ0v) is 13.7. The van der Waals surface area contributed by atoms with Crippen LogP contribution in [0, 0.1) is 0 Å². The van der Waals surface area contributed by atoms with Crippen molar-refractivity contribution in [1.82, 2.24) is 9.59 Å². The Morgan fingerprint density at radius 1 is 1.38 bits per heavy atom. The first-order valence-corrected chi connectivity index (χ1v) is 7.63. The lowest BCUT2D eigenvalue weighted by Crippen LogP contribution is -2.15. The molecular formula is C13H12BrN3O3S. The van der Waals surface area contributed by atoms with E-state index in [0.29, 0.717) is 15.0 Å². The van der Waals surface area contributed by atoms with E-state index in [1.165, 1.54) is 12.1 Å². The van der Waals surface area contributed by atoms with E-state index in [9.17, 15) is 14.7 Å². The number of carboxylic acids is 1. The van der Waals surface area contributed by atoms with Crippen LogP contribution in [-0.4, -0.2) is 26.6 Å². The number of benzene rings is 1. The third kappa shape index (κ3) is 3.45. The van der Waals surface area contributed by atoms with Gasteiger partial charge < -0.3 is 10.4 Å². The van der Waals surface area contributed by atoms with Gasteiger partial charge in [-0.3, -0.25) is 4.79 Å². The highest BCUT2D eigenvalue weighted by atomic mass is 79.9. The first-order chi connectivity index (χ1) is 9.90. The van der Waals surface area contributed by atoms with E-state index in [1.54, 1.807) is 6.07 Å². The number of carboxylic acid groups (broad SMARTS) is 1. The number of amides is 1. The number of anilines is 1. The molecule has 0 radical (unpaired) electrons. The van der Waals surface area contributed by atoms with Gasteiger partial charge in [0.25, 0.3) is 5.91 Å². The Morgan fingerprint density at radius 3 is 2.71 bits per heavy atom. The van der Waals surface area contributed by atoms with E-state index in [4.69, 9.17) is 0 Å². The number of hydrogen-bond donors (Lipinski definition) is 2. The molecule has 0 aliphatic rings. The monoisotopic (exact) mass is 369 g/mol. The van der Waals surface area contributed by atoms with Crippen LogP contribution in [0.3, 0.4) is 0 Å². The molecule has 2 N–H and O–H groups in total. The van der Waals surface area contributed by atoms with Crippen molar-refractivity contribution in [2.45, 2.75) is 19.8 Å². The molecular weight excluding hydrogens is 358 g/mol. The van der Waals surface area contributed by atoms with Gasteiger partial charge in [-0.05, 0) is 35.6 Å². The van der Waals surface area contributed by atoms with Gasteiger partial charge in [0.1, 0.15) is 4.88 Å². The van der Waals surface area contributed by atoms with Gasteiger partial charge in [0.15, 0.2) is 0 Å². The second-order valence-corrected chi connectivity index (χ2v) is 6.26. The number of nitrogens with one attached hydrogen (secondary N) is 1. The molecule has 0 bridgehead atoms. The van der Waals surface area contributed by atoms with Crippen LogP contribution in [0.5, 0.6) is 0 Å². The summed E-state index contributed by atoms with van der Waals surface area (Å²) in [6.45, 7) is 3.83. The van der Waals surface area contributed by atoms with Gasteiger partial charge in [-0.15, -0.1) is 5.10 Å². The van der Waals surface area contributed by atoms with Crippen molar-refractivity contribution in [2.24, 2.45) is 0 Å². The number of aromatic nitrogens is 2. The van der Waals surface area contributed by atoms with Crippen molar-refractivity contribution in [2.75, 3.05) is 5.32 Å². The Kier molecular flexibility index (Phi) is 4.69. The summed E-state index contributed by atoms with van der Waals surface area (Å²) in [5.41, 5.74) is 0.853. The summed E-state index contributed by atoms with van der Waals surface area (Å²) in [7, 11) is 0. The van der Waals surface area contributed by atoms with Crippen LogP contribution in [0.1, 0.15) is 45.5 Å². The Morgan fingerprint density at radius 2 is 2.10 bits per heavy atom. The topological polar surface area (TPSA) is 92.2 Å². The lowest BCUT2D eigenvalue weighted by molar-refractivity contribution is 0.0698. The summed E-state index contributed by atoms with van der Waals surface area (Å²) in [6, 6.07) is 4.64. The van der Waals surface area contributed by atoms with Crippen LogP contribution in [-0.2, 0) is 0 Å². The average molecular weight is 370 g/mol. The smallest absolute Gasteiger partial charge is 0.337 e. The van der Waals surface area contributed by atoms with Crippen LogP contribution in [0.2, 0.25) is 0 Å². The SMILES string of the molecule is CC(C)c1nnsc1C(=O)Nc1ccc(Br)cc1C(=O)O. The Hall–Kier alpha value is -1.80. The van der Waals surface area contributed by atoms with E-state index in [1.807, 2.05) is 13.8 Å². The molecule has 1 aromatic carbocycles. The molecule has 1 aromatic heterocycles. The number of halogens is 1. The fourth-order valence-electron chi connectivity index (χ4n) is 1.71. The normalized spacial score (nSPS) is 10.7. The van der Waals surface area contributed by atoms with Crippen LogP contribution in [0.4, 0.5) is 5.69 Å². The number of hydrogen-bond acceptors (Lipinski definition) is 5. The summed E-state index contributed by atoms with van der Waals surface area (Å²) in [4.78, 5) is 23.9. The first kappa shape index (κ1) is 15.6. The molecule has 0 unspecified atom stereocenters. The molecule has 0 saturated heterocycles. The van der Waals surface area contributed by atoms with Gasteiger partial charge in [0.05, 0.1) is 16.9 Å².